The zero-order valence-electron chi connectivity index (χ0n) is 8.03. The van der Waals surface area contributed by atoms with Gasteiger partial charge in [-0.15, -0.1) is 0 Å². The van der Waals surface area contributed by atoms with Crippen molar-refractivity contribution in [1.29, 1.82) is 0 Å². The maximum Gasteiger partial charge on any atom is 0.232 e. The van der Waals surface area contributed by atoms with E-state index >= 15 is 0 Å². The molecule has 2 N–H and O–H groups in total. The Balaban J connectivity index is 2.58. The average Bonchev–Trinajstić information content (AvgIpc) is 2.19. The molecule has 0 aliphatic rings. The molecule has 0 aromatic carbocycles. The van der Waals surface area contributed by atoms with Crippen LogP contribution in [0.5, 0.6) is 5.88 Å². The molecule has 0 saturated carbocycles. The molecule has 1 rings (SSSR count). The molecule has 13 heavy (non-hydrogen) atoms. The average molecular weight is 181 g/mol. The van der Waals surface area contributed by atoms with Gasteiger partial charge in [-0.25, -0.2) is 4.98 Å². The first-order chi connectivity index (χ1) is 6.26. The zero-order chi connectivity index (χ0) is 9.68. The maximum atomic E-state index is 5.45. The highest BCUT2D eigenvalue weighted by Crippen LogP contribution is 2.07. The highest BCUT2D eigenvalue weighted by molar-refractivity contribution is 5.07. The van der Waals surface area contributed by atoms with Crippen LogP contribution in [0.4, 0.5) is 0 Å². The molecular formula is C9H15N3O. The van der Waals surface area contributed by atoms with Crippen LogP contribution in [0.2, 0.25) is 0 Å². The Morgan fingerprint density at radius 3 is 2.69 bits per heavy atom. The van der Waals surface area contributed by atoms with Crippen LogP contribution in [0.25, 0.3) is 0 Å². The summed E-state index contributed by atoms with van der Waals surface area (Å²) in [5, 5.41) is 0. The minimum atomic E-state index is 0.179. The molecule has 0 aliphatic heterocycles. The second kappa shape index (κ2) is 4.77. The molecular weight excluding hydrogens is 166 g/mol. The van der Waals surface area contributed by atoms with Crippen molar-refractivity contribution in [1.82, 2.24) is 9.97 Å². The third kappa shape index (κ3) is 2.99. The van der Waals surface area contributed by atoms with Gasteiger partial charge in [-0.3, -0.25) is 4.98 Å². The van der Waals surface area contributed by atoms with Gasteiger partial charge in [0.05, 0.1) is 24.2 Å². The lowest BCUT2D eigenvalue weighted by Crippen LogP contribution is -2.11. The zero-order valence-corrected chi connectivity index (χ0v) is 8.03. The van der Waals surface area contributed by atoms with Crippen LogP contribution < -0.4 is 10.5 Å². The molecule has 0 bridgehead atoms. The Kier molecular flexibility index (Phi) is 3.64. The molecule has 1 atom stereocenters. The van der Waals surface area contributed by atoms with E-state index in [4.69, 9.17) is 10.5 Å². The molecule has 0 spiro atoms. The number of hydrogen-bond donors (Lipinski definition) is 1. The van der Waals surface area contributed by atoms with E-state index in [1.54, 1.807) is 12.4 Å². The molecule has 0 fully saturated rings. The van der Waals surface area contributed by atoms with E-state index in [2.05, 4.69) is 16.9 Å². The van der Waals surface area contributed by atoms with E-state index in [-0.39, 0.29) is 6.10 Å². The van der Waals surface area contributed by atoms with Crippen LogP contribution in [0, 0.1) is 0 Å². The lowest BCUT2D eigenvalue weighted by atomic mass is 10.3. The van der Waals surface area contributed by atoms with Gasteiger partial charge in [0.1, 0.15) is 0 Å². The van der Waals surface area contributed by atoms with Crippen molar-refractivity contribution >= 4 is 0 Å². The van der Waals surface area contributed by atoms with Crippen LogP contribution in [0.1, 0.15) is 26.0 Å². The Morgan fingerprint density at radius 2 is 2.23 bits per heavy atom. The third-order valence-electron chi connectivity index (χ3n) is 1.79. The topological polar surface area (TPSA) is 61.0 Å². The van der Waals surface area contributed by atoms with Gasteiger partial charge in [0.25, 0.3) is 0 Å². The molecule has 0 saturated heterocycles. The lowest BCUT2D eigenvalue weighted by Gasteiger charge is -2.10. The van der Waals surface area contributed by atoms with Gasteiger partial charge in [-0.1, -0.05) is 6.92 Å². The number of rotatable bonds is 4. The second-order valence-electron chi connectivity index (χ2n) is 2.89. The van der Waals surface area contributed by atoms with E-state index in [1.165, 1.54) is 0 Å². The molecule has 1 unspecified atom stereocenters. The van der Waals surface area contributed by atoms with E-state index in [0.29, 0.717) is 12.4 Å². The first-order valence-corrected chi connectivity index (χ1v) is 4.44. The van der Waals surface area contributed by atoms with Crippen LogP contribution in [0.3, 0.4) is 0 Å². The van der Waals surface area contributed by atoms with Crippen molar-refractivity contribution in [2.45, 2.75) is 32.9 Å². The summed E-state index contributed by atoms with van der Waals surface area (Å²) in [4.78, 5) is 8.14. The van der Waals surface area contributed by atoms with Crippen LogP contribution >= 0.6 is 0 Å². The number of nitrogens with two attached hydrogens (primary N) is 1. The Hall–Kier alpha value is -1.16. The van der Waals surface area contributed by atoms with Crippen molar-refractivity contribution < 1.29 is 4.74 Å². The Bertz CT molecular complexity index is 248. The first-order valence-electron chi connectivity index (χ1n) is 4.44. The fraction of sp³-hybridized carbons (Fsp3) is 0.556. The van der Waals surface area contributed by atoms with Gasteiger partial charge < -0.3 is 10.5 Å². The second-order valence-corrected chi connectivity index (χ2v) is 2.89. The van der Waals surface area contributed by atoms with Crippen LogP contribution in [-0.4, -0.2) is 16.1 Å². The minimum Gasteiger partial charge on any atom is -0.474 e. The van der Waals surface area contributed by atoms with Crippen molar-refractivity contribution in [2.75, 3.05) is 0 Å². The van der Waals surface area contributed by atoms with Crippen molar-refractivity contribution in [3.05, 3.63) is 18.1 Å². The summed E-state index contributed by atoms with van der Waals surface area (Å²) >= 11 is 0. The predicted molar refractivity (Wildman–Crippen MR) is 50.3 cm³/mol. The summed E-state index contributed by atoms with van der Waals surface area (Å²) in [6, 6.07) is 0. The van der Waals surface area contributed by atoms with E-state index < -0.39 is 0 Å². The van der Waals surface area contributed by atoms with Gasteiger partial charge in [0.2, 0.25) is 5.88 Å². The molecule has 4 nitrogen and oxygen atoms in total. The van der Waals surface area contributed by atoms with E-state index in [0.717, 1.165) is 12.1 Å². The quantitative estimate of drug-likeness (QED) is 0.756. The molecule has 1 aromatic rings. The fourth-order valence-electron chi connectivity index (χ4n) is 0.799. The van der Waals surface area contributed by atoms with Gasteiger partial charge in [-0.2, -0.15) is 0 Å². The highest BCUT2D eigenvalue weighted by atomic mass is 16.5. The fourth-order valence-corrected chi connectivity index (χ4v) is 0.799. The number of hydrogen-bond acceptors (Lipinski definition) is 4. The number of aromatic nitrogens is 2. The van der Waals surface area contributed by atoms with Gasteiger partial charge >= 0.3 is 0 Å². The summed E-state index contributed by atoms with van der Waals surface area (Å²) in [7, 11) is 0. The summed E-state index contributed by atoms with van der Waals surface area (Å²) in [6.45, 7) is 4.47. The standard InChI is InChI=1S/C9H15N3O/c1-3-7(2)13-9-6-11-8(4-10)5-12-9/h5-7H,3-4,10H2,1-2H3. The SMILES string of the molecule is CCC(C)Oc1cnc(CN)cn1. The van der Waals surface area contributed by atoms with E-state index in [1.807, 2.05) is 6.92 Å². The normalized spacial score (nSPS) is 12.5. The largest absolute Gasteiger partial charge is 0.474 e. The van der Waals surface area contributed by atoms with Crippen LogP contribution in [0.15, 0.2) is 12.4 Å². The Labute approximate surface area is 78.1 Å². The highest BCUT2D eigenvalue weighted by Gasteiger charge is 2.01. The van der Waals surface area contributed by atoms with Gasteiger partial charge in [0.15, 0.2) is 0 Å². The van der Waals surface area contributed by atoms with Crippen molar-refractivity contribution in [3.8, 4) is 5.88 Å². The molecule has 0 amide bonds. The van der Waals surface area contributed by atoms with Gasteiger partial charge in [0, 0.05) is 6.54 Å². The minimum absolute atomic E-state index is 0.179. The van der Waals surface area contributed by atoms with E-state index in [9.17, 15) is 0 Å². The molecule has 1 aromatic heterocycles. The molecule has 0 radical (unpaired) electrons. The summed E-state index contributed by atoms with van der Waals surface area (Å²) < 4.78 is 5.45. The molecule has 0 aliphatic carbocycles. The van der Waals surface area contributed by atoms with Crippen molar-refractivity contribution in [2.24, 2.45) is 5.73 Å². The molecule has 4 heteroatoms. The number of ether oxygens (including phenoxy) is 1. The van der Waals surface area contributed by atoms with Crippen LogP contribution in [-0.2, 0) is 6.54 Å². The first kappa shape index (κ1) is 9.92. The summed E-state index contributed by atoms with van der Waals surface area (Å²) in [5.41, 5.74) is 6.16. The third-order valence-corrected chi connectivity index (χ3v) is 1.79. The number of nitrogens with zero attached hydrogens (tertiary/aromatic N) is 2. The maximum absolute atomic E-state index is 5.45. The Morgan fingerprint density at radius 1 is 1.46 bits per heavy atom. The van der Waals surface area contributed by atoms with Crippen molar-refractivity contribution in [3.63, 3.8) is 0 Å². The lowest BCUT2D eigenvalue weighted by molar-refractivity contribution is 0.207. The molecule has 72 valence electrons. The predicted octanol–water partition coefficient (Wildman–Crippen LogP) is 1.11. The summed E-state index contributed by atoms with van der Waals surface area (Å²) in [5.74, 6) is 0.562. The molecule has 1 heterocycles. The smallest absolute Gasteiger partial charge is 0.232 e. The summed E-state index contributed by atoms with van der Waals surface area (Å²) in [6.07, 6.45) is 4.38. The monoisotopic (exact) mass is 181 g/mol. The van der Waals surface area contributed by atoms with Gasteiger partial charge in [-0.05, 0) is 13.3 Å².